The van der Waals surface area contributed by atoms with E-state index >= 15 is 0 Å². The number of hydrogen-bond donors (Lipinski definition) is 4. The van der Waals surface area contributed by atoms with E-state index in [4.69, 9.17) is 9.47 Å². The lowest BCUT2D eigenvalue weighted by Gasteiger charge is -2.23. The number of Topliss-reactive ketones (excluding diaryl/α,β-unsaturated/α-hetero) is 1. The van der Waals surface area contributed by atoms with Gasteiger partial charge in [0.25, 0.3) is 0 Å². The number of benzene rings is 2. The molecule has 2 atom stereocenters. The standard InChI is InChI=1S/C36H41N3O8/c1-23-9-8-12-26(40)11-5-3-4-10-25-21-29(41)34(35(44)33(25)36(45)47-23)28(24-14-16-27(46-2)17-15-24)22-32(43)38-20-18-31(42)39-30-13-6-7-19-37-30/h4,6-7,10,13-17,19,21,23,28,41,44H,3,5,8-9,11-12,18,20,22H2,1-2H3,(H,38,43)(H,37,39,42). The van der Waals surface area contributed by atoms with E-state index in [2.05, 4.69) is 15.6 Å². The molecule has 0 spiro atoms. The molecule has 0 aliphatic carbocycles. The number of anilines is 1. The Morgan fingerprint density at radius 2 is 1.83 bits per heavy atom. The summed E-state index contributed by atoms with van der Waals surface area (Å²) in [6.45, 7) is 1.76. The quantitative estimate of drug-likeness (QED) is 0.216. The Morgan fingerprint density at radius 3 is 2.55 bits per heavy atom. The Balaban J connectivity index is 1.63. The monoisotopic (exact) mass is 643 g/mol. The molecule has 4 rings (SSSR count). The summed E-state index contributed by atoms with van der Waals surface area (Å²) in [4.78, 5) is 55.3. The van der Waals surface area contributed by atoms with Gasteiger partial charge in [-0.2, -0.15) is 0 Å². The molecule has 2 unspecified atom stereocenters. The summed E-state index contributed by atoms with van der Waals surface area (Å²) < 4.78 is 11.0. The number of nitrogens with one attached hydrogen (secondary N) is 2. The highest BCUT2D eigenvalue weighted by molar-refractivity contribution is 5.98. The number of phenols is 2. The fourth-order valence-electron chi connectivity index (χ4n) is 5.46. The Morgan fingerprint density at radius 1 is 1.06 bits per heavy atom. The van der Waals surface area contributed by atoms with Gasteiger partial charge in [0.15, 0.2) is 0 Å². The second kappa shape index (κ2) is 16.9. The van der Waals surface area contributed by atoms with Crippen LogP contribution >= 0.6 is 0 Å². The van der Waals surface area contributed by atoms with Crippen LogP contribution in [0.25, 0.3) is 6.08 Å². The van der Waals surface area contributed by atoms with E-state index in [-0.39, 0.29) is 53.5 Å². The lowest BCUT2D eigenvalue weighted by Crippen LogP contribution is -2.29. The fraction of sp³-hybridized carbons (Fsp3) is 0.361. The second-order valence-electron chi connectivity index (χ2n) is 11.5. The van der Waals surface area contributed by atoms with E-state index in [9.17, 15) is 29.4 Å². The van der Waals surface area contributed by atoms with Gasteiger partial charge in [0.2, 0.25) is 11.8 Å². The number of ketones is 1. The first-order chi connectivity index (χ1) is 22.7. The van der Waals surface area contributed by atoms with Gasteiger partial charge in [-0.25, -0.2) is 9.78 Å². The number of nitrogens with zero attached hydrogens (tertiary/aromatic N) is 1. The number of esters is 1. The first kappa shape index (κ1) is 34.7. The molecular weight excluding hydrogens is 602 g/mol. The number of allylic oxidation sites excluding steroid dienone is 1. The van der Waals surface area contributed by atoms with Gasteiger partial charge in [-0.1, -0.05) is 30.4 Å². The minimum atomic E-state index is -0.887. The van der Waals surface area contributed by atoms with Crippen molar-refractivity contribution in [2.24, 2.45) is 0 Å². The molecule has 1 aromatic heterocycles. The summed E-state index contributed by atoms with van der Waals surface area (Å²) in [7, 11) is 1.52. The van der Waals surface area contributed by atoms with Crippen LogP contribution in [-0.2, 0) is 19.1 Å². The van der Waals surface area contributed by atoms with Crippen LogP contribution in [0.2, 0.25) is 0 Å². The van der Waals surface area contributed by atoms with Gasteiger partial charge in [-0.05, 0) is 74.1 Å². The molecule has 0 saturated heterocycles. The normalized spacial score (nSPS) is 16.3. The molecule has 248 valence electrons. The fourth-order valence-corrected chi connectivity index (χ4v) is 5.46. The number of fused-ring (bicyclic) bond motifs is 1. The van der Waals surface area contributed by atoms with E-state index in [1.807, 2.05) is 0 Å². The highest BCUT2D eigenvalue weighted by Gasteiger charge is 2.31. The maximum atomic E-state index is 13.5. The Labute approximate surface area is 274 Å². The van der Waals surface area contributed by atoms with Crippen LogP contribution in [0.1, 0.15) is 91.3 Å². The van der Waals surface area contributed by atoms with E-state index < -0.39 is 29.6 Å². The summed E-state index contributed by atoms with van der Waals surface area (Å²) in [6.07, 6.45) is 7.31. The van der Waals surface area contributed by atoms with Gasteiger partial charge in [0.1, 0.15) is 34.4 Å². The molecule has 1 aliphatic rings. The molecule has 2 heterocycles. The zero-order chi connectivity index (χ0) is 33.8. The number of hydrogen-bond acceptors (Lipinski definition) is 9. The molecule has 2 amide bonds. The summed E-state index contributed by atoms with van der Waals surface area (Å²) in [5.74, 6) is -2.12. The largest absolute Gasteiger partial charge is 0.507 e. The van der Waals surface area contributed by atoms with Gasteiger partial charge < -0.3 is 30.3 Å². The molecular formula is C36H41N3O8. The van der Waals surface area contributed by atoms with Gasteiger partial charge in [0, 0.05) is 49.9 Å². The molecule has 3 aromatic rings. The van der Waals surface area contributed by atoms with Crippen LogP contribution in [0.15, 0.2) is 60.8 Å². The first-order valence-electron chi connectivity index (χ1n) is 15.8. The lowest BCUT2D eigenvalue weighted by molar-refractivity contribution is -0.121. The van der Waals surface area contributed by atoms with Crippen molar-refractivity contribution in [2.45, 2.75) is 70.3 Å². The summed E-state index contributed by atoms with van der Waals surface area (Å²) in [6, 6.07) is 13.3. The van der Waals surface area contributed by atoms with Crippen LogP contribution in [0.3, 0.4) is 0 Å². The molecule has 0 saturated carbocycles. The van der Waals surface area contributed by atoms with Crippen molar-refractivity contribution >= 4 is 35.5 Å². The summed E-state index contributed by atoms with van der Waals surface area (Å²) >= 11 is 0. The summed E-state index contributed by atoms with van der Waals surface area (Å²) in [5, 5.41) is 28.4. The molecule has 1 aliphatic heterocycles. The molecule has 2 aromatic carbocycles. The van der Waals surface area contributed by atoms with E-state index in [0.717, 1.165) is 0 Å². The third-order valence-electron chi connectivity index (χ3n) is 7.91. The topological polar surface area (TPSA) is 164 Å². The van der Waals surface area contributed by atoms with Crippen LogP contribution in [0.4, 0.5) is 5.82 Å². The van der Waals surface area contributed by atoms with Crippen LogP contribution in [-0.4, -0.2) is 58.5 Å². The van der Waals surface area contributed by atoms with Crippen molar-refractivity contribution in [3.63, 3.8) is 0 Å². The van der Waals surface area contributed by atoms with Crippen molar-refractivity contribution < 1.29 is 38.9 Å². The van der Waals surface area contributed by atoms with E-state index in [0.29, 0.717) is 55.7 Å². The minimum Gasteiger partial charge on any atom is -0.507 e. The molecule has 0 fully saturated rings. The number of cyclic esters (lactones) is 1. The molecule has 11 heteroatoms. The van der Waals surface area contributed by atoms with Crippen molar-refractivity contribution in [1.29, 1.82) is 0 Å². The van der Waals surface area contributed by atoms with Gasteiger partial charge in [0.05, 0.1) is 13.2 Å². The van der Waals surface area contributed by atoms with Crippen LogP contribution < -0.4 is 15.4 Å². The summed E-state index contributed by atoms with van der Waals surface area (Å²) in [5.41, 5.74) is 0.684. The van der Waals surface area contributed by atoms with Crippen molar-refractivity contribution in [3.8, 4) is 17.2 Å². The van der Waals surface area contributed by atoms with Crippen molar-refractivity contribution in [1.82, 2.24) is 10.3 Å². The third-order valence-corrected chi connectivity index (χ3v) is 7.91. The van der Waals surface area contributed by atoms with Gasteiger partial charge in [-0.3, -0.25) is 14.4 Å². The smallest absolute Gasteiger partial charge is 0.342 e. The van der Waals surface area contributed by atoms with E-state index in [1.165, 1.54) is 13.2 Å². The number of methoxy groups -OCH3 is 1. The number of carbonyl (C=O) groups is 4. The molecule has 0 bridgehead atoms. The number of aromatic nitrogens is 1. The molecule has 4 N–H and O–H groups in total. The predicted molar refractivity (Wildman–Crippen MR) is 176 cm³/mol. The first-order valence-corrected chi connectivity index (χ1v) is 15.8. The average molecular weight is 644 g/mol. The number of carbonyl (C=O) groups excluding carboxylic acids is 4. The van der Waals surface area contributed by atoms with E-state index in [1.54, 1.807) is 67.7 Å². The van der Waals surface area contributed by atoms with Gasteiger partial charge in [-0.15, -0.1) is 0 Å². The predicted octanol–water partition coefficient (Wildman–Crippen LogP) is 5.65. The number of pyridine rings is 1. The SMILES string of the molecule is COc1ccc(C(CC(=O)NCCC(=O)Nc2ccccn2)c2c(O)cc3c(c2O)C(=O)OC(C)CCCC(=O)CCCC=C3)cc1. The Hall–Kier alpha value is -5.19. The van der Waals surface area contributed by atoms with Gasteiger partial charge >= 0.3 is 5.97 Å². The average Bonchev–Trinajstić information content (AvgIpc) is 3.04. The number of ether oxygens (including phenoxy) is 2. The number of amides is 2. The van der Waals surface area contributed by atoms with Crippen molar-refractivity contribution in [2.75, 3.05) is 19.0 Å². The molecule has 0 radical (unpaired) electrons. The highest BCUT2D eigenvalue weighted by Crippen LogP contribution is 2.44. The molecule has 47 heavy (non-hydrogen) atoms. The minimum absolute atomic E-state index is 0.00458. The zero-order valence-electron chi connectivity index (χ0n) is 26.7. The zero-order valence-corrected chi connectivity index (χ0v) is 26.7. The van der Waals surface area contributed by atoms with Crippen LogP contribution in [0.5, 0.6) is 17.2 Å². The number of phenolic OH excluding ortho intramolecular Hbond substituents is 2. The Kier molecular flexibility index (Phi) is 12.5. The number of aromatic hydroxyl groups is 2. The Bertz CT molecular complexity index is 1590. The second-order valence-corrected chi connectivity index (χ2v) is 11.5. The highest BCUT2D eigenvalue weighted by atomic mass is 16.5. The maximum absolute atomic E-state index is 13.5. The maximum Gasteiger partial charge on any atom is 0.342 e. The lowest BCUT2D eigenvalue weighted by atomic mass is 9.84. The number of rotatable bonds is 9. The van der Waals surface area contributed by atoms with Crippen LogP contribution in [0, 0.1) is 0 Å². The van der Waals surface area contributed by atoms with Crippen molar-refractivity contribution in [3.05, 3.63) is 83.1 Å². The third kappa shape index (κ3) is 9.90. The molecule has 11 nitrogen and oxygen atoms in total.